The highest BCUT2D eigenvalue weighted by molar-refractivity contribution is 6.07. The van der Waals surface area contributed by atoms with E-state index in [1.807, 2.05) is 6.07 Å². The number of anilines is 3. The van der Waals surface area contributed by atoms with Crippen LogP contribution in [0.4, 0.5) is 17.1 Å². The molecule has 0 radical (unpaired) electrons. The third-order valence-electron chi connectivity index (χ3n) is 13.8. The van der Waals surface area contributed by atoms with Gasteiger partial charge in [0.25, 0.3) is 0 Å². The summed E-state index contributed by atoms with van der Waals surface area (Å²) in [5.74, 6) is 0. The van der Waals surface area contributed by atoms with Gasteiger partial charge in [-0.3, -0.25) is 0 Å². The fourth-order valence-electron chi connectivity index (χ4n) is 10.8. The van der Waals surface area contributed by atoms with Crippen LogP contribution in [0.25, 0.3) is 66.4 Å². The third-order valence-corrected chi connectivity index (χ3v) is 13.8. The van der Waals surface area contributed by atoms with E-state index in [-0.39, 0.29) is 10.8 Å². The number of hydrogen-bond donors (Lipinski definition) is 0. The molecule has 1 unspecified atom stereocenters. The third kappa shape index (κ3) is 5.15. The first-order valence-corrected chi connectivity index (χ1v) is 21.3. The lowest BCUT2D eigenvalue weighted by molar-refractivity contribution is 0.660. The molecule has 9 aromatic carbocycles. The number of benzene rings is 9. The summed E-state index contributed by atoms with van der Waals surface area (Å²) in [6.45, 7) is 7.13. The Balaban J connectivity index is 1.13. The van der Waals surface area contributed by atoms with E-state index in [9.17, 15) is 0 Å². The molecule has 2 nitrogen and oxygen atoms in total. The van der Waals surface area contributed by atoms with E-state index >= 15 is 0 Å². The van der Waals surface area contributed by atoms with Gasteiger partial charge in [0.15, 0.2) is 0 Å². The molecule has 2 aliphatic carbocycles. The van der Waals surface area contributed by atoms with Gasteiger partial charge in [-0.05, 0) is 111 Å². The predicted octanol–water partition coefficient (Wildman–Crippen LogP) is 16.0. The van der Waals surface area contributed by atoms with Gasteiger partial charge in [-0.15, -0.1) is 0 Å². The zero-order chi connectivity index (χ0) is 40.9. The summed E-state index contributed by atoms with van der Waals surface area (Å²) in [4.78, 5) is 2.51. The Morgan fingerprint density at radius 2 is 0.967 bits per heavy atom. The molecule has 0 N–H and O–H groups in total. The van der Waals surface area contributed by atoms with Crippen LogP contribution in [0, 0.1) is 0 Å². The zero-order valence-corrected chi connectivity index (χ0v) is 34.5. The average Bonchev–Trinajstić information content (AvgIpc) is 3.90. The highest BCUT2D eigenvalue weighted by atomic mass is 16.3. The number of para-hydroxylation sites is 3. The van der Waals surface area contributed by atoms with Crippen LogP contribution in [0.15, 0.2) is 211 Å². The molecular weight excluding hydrogens is 739 g/mol. The topological polar surface area (TPSA) is 16.4 Å². The van der Waals surface area contributed by atoms with Crippen molar-refractivity contribution < 1.29 is 4.42 Å². The van der Waals surface area contributed by atoms with Gasteiger partial charge in [-0.2, -0.15) is 0 Å². The number of hydrogen-bond acceptors (Lipinski definition) is 2. The molecule has 0 fully saturated rings. The predicted molar refractivity (Wildman–Crippen MR) is 254 cm³/mol. The fraction of sp³-hybridized carbons (Fsp3) is 0.0847. The monoisotopic (exact) mass is 781 g/mol. The second-order valence-corrected chi connectivity index (χ2v) is 17.3. The minimum atomic E-state index is -0.351. The van der Waals surface area contributed by atoms with Crippen molar-refractivity contribution in [2.45, 2.75) is 31.6 Å². The van der Waals surface area contributed by atoms with Gasteiger partial charge >= 0.3 is 0 Å². The van der Waals surface area contributed by atoms with Crippen molar-refractivity contribution in [1.82, 2.24) is 0 Å². The Morgan fingerprint density at radius 3 is 1.79 bits per heavy atom. The van der Waals surface area contributed by atoms with Crippen molar-refractivity contribution in [1.29, 1.82) is 0 Å². The van der Waals surface area contributed by atoms with Gasteiger partial charge in [0.2, 0.25) is 0 Å². The highest BCUT2D eigenvalue weighted by Gasteiger charge is 2.41. The van der Waals surface area contributed by atoms with Gasteiger partial charge in [-0.1, -0.05) is 178 Å². The minimum Gasteiger partial charge on any atom is -0.456 e. The summed E-state index contributed by atoms with van der Waals surface area (Å²) in [7, 11) is 0. The van der Waals surface area contributed by atoms with Gasteiger partial charge in [0.1, 0.15) is 11.2 Å². The van der Waals surface area contributed by atoms with Gasteiger partial charge in [0, 0.05) is 38.4 Å². The number of nitrogens with zero attached hydrogens (tertiary/aromatic N) is 1. The molecule has 12 rings (SSSR count). The van der Waals surface area contributed by atoms with Crippen LogP contribution in [0.3, 0.4) is 0 Å². The molecule has 0 bridgehead atoms. The molecular formula is C59H43NO. The second-order valence-electron chi connectivity index (χ2n) is 17.3. The normalized spacial score (nSPS) is 15.7. The van der Waals surface area contributed by atoms with Crippen molar-refractivity contribution in [3.05, 3.63) is 234 Å². The van der Waals surface area contributed by atoms with Gasteiger partial charge in [-0.25, -0.2) is 0 Å². The minimum absolute atomic E-state index is 0.116. The molecule has 0 spiro atoms. The lowest BCUT2D eigenvalue weighted by atomic mass is 9.74. The number of rotatable bonds is 6. The van der Waals surface area contributed by atoms with Crippen molar-refractivity contribution in [3.63, 3.8) is 0 Å². The molecule has 2 aliphatic rings. The summed E-state index contributed by atoms with van der Waals surface area (Å²) in [5.41, 5.74) is 21.1. The summed E-state index contributed by atoms with van der Waals surface area (Å²) >= 11 is 0. The lowest BCUT2D eigenvalue weighted by Gasteiger charge is -2.33. The molecule has 290 valence electrons. The first-order valence-electron chi connectivity index (χ1n) is 21.3. The molecule has 0 saturated heterocycles. The van der Waals surface area contributed by atoms with Crippen LogP contribution >= 0.6 is 0 Å². The summed E-state index contributed by atoms with van der Waals surface area (Å²) in [6, 6.07) is 75.8. The van der Waals surface area contributed by atoms with Crippen LogP contribution in [0.5, 0.6) is 0 Å². The van der Waals surface area contributed by atoms with Crippen LogP contribution in [-0.4, -0.2) is 0 Å². The molecule has 0 amide bonds. The number of furan rings is 1. The van der Waals surface area contributed by atoms with E-state index < -0.39 is 0 Å². The maximum Gasteiger partial charge on any atom is 0.136 e. The van der Waals surface area contributed by atoms with Crippen LogP contribution in [0.2, 0.25) is 0 Å². The first-order chi connectivity index (χ1) is 29.9. The summed E-state index contributed by atoms with van der Waals surface area (Å²) in [6.07, 6.45) is 0. The fourth-order valence-corrected chi connectivity index (χ4v) is 10.8. The van der Waals surface area contributed by atoms with E-state index in [1.165, 1.54) is 61.2 Å². The number of fused-ring (bicyclic) bond motifs is 9. The van der Waals surface area contributed by atoms with Crippen molar-refractivity contribution in [2.75, 3.05) is 4.90 Å². The van der Waals surface area contributed by atoms with E-state index in [0.717, 1.165) is 50.1 Å². The Labute approximate surface area is 357 Å². The Bertz CT molecular complexity index is 3370. The lowest BCUT2D eigenvalue weighted by Crippen LogP contribution is -2.23. The van der Waals surface area contributed by atoms with Crippen molar-refractivity contribution >= 4 is 39.0 Å². The van der Waals surface area contributed by atoms with E-state index in [0.29, 0.717) is 0 Å². The van der Waals surface area contributed by atoms with Crippen molar-refractivity contribution in [3.8, 4) is 44.5 Å². The molecule has 1 atom stereocenters. The molecule has 1 aromatic heterocycles. The summed E-state index contributed by atoms with van der Waals surface area (Å²) in [5, 5.41) is 2.26. The van der Waals surface area contributed by atoms with Crippen LogP contribution in [-0.2, 0) is 10.8 Å². The Hall–Kier alpha value is -7.42. The molecule has 0 saturated carbocycles. The standard InChI is InChI=1S/C59H43NO/c1-58(2)49-26-12-8-24-48(49)57-47(25-17-28-51(57)58)44-22-10-15-30-54(44)60(53-29-14-9-20-41(53)38-32-34-46-45-23-11-16-31-55(45)61-56(46)36-38)40-33-35-43-42-21-7-13-27-50(42)59(3,52(43)37-40)39-18-5-4-6-19-39/h4-37H,1-3H3. The molecule has 61 heavy (non-hydrogen) atoms. The van der Waals surface area contributed by atoms with Crippen LogP contribution in [0.1, 0.15) is 48.6 Å². The molecule has 2 heteroatoms. The zero-order valence-electron chi connectivity index (χ0n) is 34.5. The molecule has 0 aliphatic heterocycles. The van der Waals surface area contributed by atoms with Crippen LogP contribution < -0.4 is 4.90 Å². The molecule has 10 aromatic rings. The highest BCUT2D eigenvalue weighted by Crippen LogP contribution is 2.57. The van der Waals surface area contributed by atoms with Gasteiger partial charge in [0.05, 0.1) is 11.4 Å². The maximum absolute atomic E-state index is 6.48. The summed E-state index contributed by atoms with van der Waals surface area (Å²) < 4.78 is 6.48. The largest absolute Gasteiger partial charge is 0.456 e. The average molecular weight is 782 g/mol. The first kappa shape index (κ1) is 35.5. The quantitative estimate of drug-likeness (QED) is 0.167. The Kier molecular flexibility index (Phi) is 7.74. The van der Waals surface area contributed by atoms with E-state index in [1.54, 1.807) is 0 Å². The maximum atomic E-state index is 6.48. The molecule has 1 heterocycles. The second kappa shape index (κ2) is 13.3. The van der Waals surface area contributed by atoms with E-state index in [4.69, 9.17) is 4.42 Å². The smallest absolute Gasteiger partial charge is 0.136 e. The Morgan fingerprint density at radius 1 is 0.377 bits per heavy atom. The van der Waals surface area contributed by atoms with Gasteiger partial charge < -0.3 is 9.32 Å². The van der Waals surface area contributed by atoms with Crippen molar-refractivity contribution in [2.24, 2.45) is 0 Å². The SMILES string of the molecule is CC1(C)c2ccccc2-c2c(-c3ccccc3N(c3ccc4c(c3)C(C)(c3ccccc3)c3ccccc3-4)c3ccccc3-c3ccc4c(c3)oc3ccccc34)cccc21. The van der Waals surface area contributed by atoms with E-state index in [2.05, 4.69) is 226 Å².